The first-order valence-corrected chi connectivity index (χ1v) is 4.37. The first-order valence-electron chi connectivity index (χ1n) is 4.37. The minimum atomic E-state index is -4.85. The van der Waals surface area contributed by atoms with Gasteiger partial charge in [0.2, 0.25) is 0 Å². The summed E-state index contributed by atoms with van der Waals surface area (Å²) in [5.74, 6) is -1.39. The van der Waals surface area contributed by atoms with Crippen molar-refractivity contribution < 1.29 is 22.3 Å². The van der Waals surface area contributed by atoms with Gasteiger partial charge in [-0.1, -0.05) is 0 Å². The molecule has 1 aromatic heterocycles. The van der Waals surface area contributed by atoms with Gasteiger partial charge in [0.25, 0.3) is 0 Å². The van der Waals surface area contributed by atoms with E-state index in [0.29, 0.717) is 6.07 Å². The number of ether oxygens (including phenoxy) is 1. The summed E-state index contributed by atoms with van der Waals surface area (Å²) >= 11 is 0. The lowest BCUT2D eigenvalue weighted by Gasteiger charge is -2.09. The fourth-order valence-electron chi connectivity index (χ4n) is 1.22. The molecule has 0 bridgehead atoms. The van der Waals surface area contributed by atoms with Gasteiger partial charge in [0.05, 0.1) is 5.56 Å². The SMILES string of the molecule is Fc1cc(OC(F)(F)F)ccc1-c1ncn[nH]1. The lowest BCUT2D eigenvalue weighted by atomic mass is 10.2. The van der Waals surface area contributed by atoms with E-state index < -0.39 is 17.9 Å². The highest BCUT2D eigenvalue weighted by atomic mass is 19.4. The maximum absolute atomic E-state index is 13.5. The highest BCUT2D eigenvalue weighted by Gasteiger charge is 2.31. The summed E-state index contributed by atoms with van der Waals surface area (Å²) in [7, 11) is 0. The second-order valence-electron chi connectivity index (χ2n) is 3.02. The van der Waals surface area contributed by atoms with Gasteiger partial charge in [0, 0.05) is 6.07 Å². The number of nitrogens with one attached hydrogen (secondary N) is 1. The standard InChI is InChI=1S/C9H5F4N3O/c10-7-3-5(17-9(11,12)13)1-2-6(7)8-14-4-15-16-8/h1-4H,(H,14,15,16). The van der Waals surface area contributed by atoms with Crippen LogP contribution in [-0.4, -0.2) is 21.5 Å². The molecule has 0 saturated carbocycles. The van der Waals surface area contributed by atoms with Crippen LogP contribution in [0, 0.1) is 5.82 Å². The van der Waals surface area contributed by atoms with E-state index >= 15 is 0 Å². The van der Waals surface area contributed by atoms with E-state index in [4.69, 9.17) is 0 Å². The van der Waals surface area contributed by atoms with Gasteiger partial charge in [-0.3, -0.25) is 5.10 Å². The predicted octanol–water partition coefficient (Wildman–Crippen LogP) is 2.51. The molecule has 0 aliphatic rings. The molecule has 0 spiro atoms. The topological polar surface area (TPSA) is 50.8 Å². The molecule has 0 saturated heterocycles. The number of hydrogen-bond acceptors (Lipinski definition) is 3. The van der Waals surface area contributed by atoms with Crippen molar-refractivity contribution >= 4 is 0 Å². The maximum atomic E-state index is 13.5. The number of alkyl halides is 3. The average molecular weight is 247 g/mol. The number of benzene rings is 1. The van der Waals surface area contributed by atoms with Gasteiger partial charge in [-0.2, -0.15) is 5.10 Å². The Labute approximate surface area is 92.2 Å². The van der Waals surface area contributed by atoms with Gasteiger partial charge in [0.1, 0.15) is 17.9 Å². The van der Waals surface area contributed by atoms with Crippen LogP contribution in [-0.2, 0) is 0 Å². The Morgan fingerprint density at radius 2 is 2.00 bits per heavy atom. The molecule has 0 aliphatic carbocycles. The molecule has 4 nitrogen and oxygen atoms in total. The van der Waals surface area contributed by atoms with Crippen LogP contribution in [0.15, 0.2) is 24.5 Å². The summed E-state index contributed by atoms with van der Waals surface area (Å²) in [4.78, 5) is 3.68. The van der Waals surface area contributed by atoms with Gasteiger partial charge in [-0.05, 0) is 12.1 Å². The zero-order chi connectivity index (χ0) is 12.5. The third-order valence-corrected chi connectivity index (χ3v) is 1.84. The molecule has 0 unspecified atom stereocenters. The predicted molar refractivity (Wildman–Crippen MR) is 48.5 cm³/mol. The van der Waals surface area contributed by atoms with E-state index in [9.17, 15) is 17.6 Å². The van der Waals surface area contributed by atoms with E-state index in [-0.39, 0.29) is 11.4 Å². The Bertz CT molecular complexity index is 509. The monoisotopic (exact) mass is 247 g/mol. The molecule has 2 aromatic rings. The molecular formula is C9H5F4N3O. The summed E-state index contributed by atoms with van der Waals surface area (Å²) < 4.78 is 52.6. The second-order valence-corrected chi connectivity index (χ2v) is 3.02. The molecular weight excluding hydrogens is 242 g/mol. The van der Waals surface area contributed by atoms with Crippen LogP contribution in [0.3, 0.4) is 0 Å². The Morgan fingerprint density at radius 3 is 2.53 bits per heavy atom. The van der Waals surface area contributed by atoms with Crippen molar-refractivity contribution in [2.45, 2.75) is 6.36 Å². The van der Waals surface area contributed by atoms with Gasteiger partial charge in [0.15, 0.2) is 5.82 Å². The maximum Gasteiger partial charge on any atom is 0.573 e. The number of H-pyrrole nitrogens is 1. The van der Waals surface area contributed by atoms with Crippen LogP contribution in [0.2, 0.25) is 0 Å². The molecule has 1 heterocycles. The molecule has 0 amide bonds. The number of aromatic nitrogens is 3. The van der Waals surface area contributed by atoms with Crippen molar-refractivity contribution in [1.82, 2.24) is 15.2 Å². The molecule has 8 heteroatoms. The first-order chi connectivity index (χ1) is 7.96. The summed E-state index contributed by atoms with van der Waals surface area (Å²) in [5, 5.41) is 5.91. The quantitative estimate of drug-likeness (QED) is 0.829. The fourth-order valence-corrected chi connectivity index (χ4v) is 1.22. The Balaban J connectivity index is 2.30. The van der Waals surface area contributed by atoms with Crippen LogP contribution < -0.4 is 4.74 Å². The van der Waals surface area contributed by atoms with Crippen LogP contribution in [0.1, 0.15) is 0 Å². The van der Waals surface area contributed by atoms with Gasteiger partial charge in [-0.25, -0.2) is 9.37 Å². The minimum Gasteiger partial charge on any atom is -0.406 e. The van der Waals surface area contributed by atoms with Crippen LogP contribution in [0.5, 0.6) is 5.75 Å². The molecule has 1 aromatic carbocycles. The number of hydrogen-bond donors (Lipinski definition) is 1. The lowest BCUT2D eigenvalue weighted by molar-refractivity contribution is -0.274. The molecule has 17 heavy (non-hydrogen) atoms. The van der Waals surface area contributed by atoms with E-state index in [1.165, 1.54) is 0 Å². The molecule has 0 radical (unpaired) electrons. The molecule has 1 N–H and O–H groups in total. The number of rotatable bonds is 2. The van der Waals surface area contributed by atoms with Gasteiger partial charge < -0.3 is 4.74 Å². The third-order valence-electron chi connectivity index (χ3n) is 1.84. The number of halogens is 4. The largest absolute Gasteiger partial charge is 0.573 e. The van der Waals surface area contributed by atoms with Crippen LogP contribution in [0.4, 0.5) is 17.6 Å². The van der Waals surface area contributed by atoms with E-state index in [2.05, 4.69) is 19.9 Å². The highest BCUT2D eigenvalue weighted by Crippen LogP contribution is 2.27. The fraction of sp³-hybridized carbons (Fsp3) is 0.111. The summed E-state index contributed by atoms with van der Waals surface area (Å²) in [6.45, 7) is 0. The Kier molecular flexibility index (Phi) is 2.70. The smallest absolute Gasteiger partial charge is 0.406 e. The first kappa shape index (κ1) is 11.4. The van der Waals surface area contributed by atoms with Crippen LogP contribution in [0.25, 0.3) is 11.4 Å². The summed E-state index contributed by atoms with van der Waals surface area (Å²) in [6, 6.07) is 2.75. The minimum absolute atomic E-state index is 0.0111. The van der Waals surface area contributed by atoms with Crippen molar-refractivity contribution in [2.75, 3.05) is 0 Å². The molecule has 0 aliphatic heterocycles. The highest BCUT2D eigenvalue weighted by molar-refractivity contribution is 5.56. The average Bonchev–Trinajstić information content (AvgIpc) is 2.68. The number of aromatic amines is 1. The third kappa shape index (κ3) is 2.71. The summed E-state index contributed by atoms with van der Waals surface area (Å²) in [5.41, 5.74) is 0.0111. The van der Waals surface area contributed by atoms with Gasteiger partial charge in [-0.15, -0.1) is 13.2 Å². The molecule has 0 fully saturated rings. The van der Waals surface area contributed by atoms with Crippen molar-refractivity contribution in [3.63, 3.8) is 0 Å². The van der Waals surface area contributed by atoms with E-state index in [1.807, 2.05) is 0 Å². The Hall–Kier alpha value is -2.12. The molecule has 2 rings (SSSR count). The number of nitrogens with zero attached hydrogens (tertiary/aromatic N) is 2. The van der Waals surface area contributed by atoms with E-state index in [1.54, 1.807) is 0 Å². The second kappa shape index (κ2) is 4.04. The zero-order valence-corrected chi connectivity index (χ0v) is 8.12. The van der Waals surface area contributed by atoms with Crippen molar-refractivity contribution in [3.8, 4) is 17.1 Å². The van der Waals surface area contributed by atoms with Crippen molar-refractivity contribution in [2.24, 2.45) is 0 Å². The van der Waals surface area contributed by atoms with Crippen molar-refractivity contribution in [1.29, 1.82) is 0 Å². The Morgan fingerprint density at radius 1 is 1.24 bits per heavy atom. The lowest BCUT2D eigenvalue weighted by Crippen LogP contribution is -2.17. The van der Waals surface area contributed by atoms with E-state index in [0.717, 1.165) is 18.5 Å². The van der Waals surface area contributed by atoms with Crippen molar-refractivity contribution in [3.05, 3.63) is 30.3 Å². The normalized spacial score (nSPS) is 11.5. The van der Waals surface area contributed by atoms with Crippen LogP contribution >= 0.6 is 0 Å². The zero-order valence-electron chi connectivity index (χ0n) is 8.12. The molecule has 90 valence electrons. The van der Waals surface area contributed by atoms with Gasteiger partial charge >= 0.3 is 6.36 Å². The summed E-state index contributed by atoms with van der Waals surface area (Å²) in [6.07, 6.45) is -3.69. The molecule has 0 atom stereocenters.